The van der Waals surface area contributed by atoms with E-state index >= 15 is 0 Å². The molecule has 1 aromatic rings. The van der Waals surface area contributed by atoms with Crippen molar-refractivity contribution in [1.82, 2.24) is 0 Å². The summed E-state index contributed by atoms with van der Waals surface area (Å²) in [6.07, 6.45) is 0.845. The lowest BCUT2D eigenvalue weighted by atomic mass is 9.86. The molecule has 1 aromatic carbocycles. The Morgan fingerprint density at radius 3 is 2.27 bits per heavy atom. The van der Waals surface area contributed by atoms with Crippen LogP contribution in [0, 0.1) is 5.92 Å². The van der Waals surface area contributed by atoms with Crippen LogP contribution in [0.5, 0.6) is 0 Å². The molecule has 0 radical (unpaired) electrons. The Hall–Kier alpha value is -1.16. The molecule has 0 unspecified atom stereocenters. The van der Waals surface area contributed by atoms with E-state index in [-0.39, 0.29) is 17.5 Å². The maximum atomic E-state index is 11.8. The summed E-state index contributed by atoms with van der Waals surface area (Å²) >= 11 is 0. The highest BCUT2D eigenvalue weighted by molar-refractivity contribution is 7.91. The fraction of sp³-hybridized carbons (Fsp3) is 0.364. The second-order valence-corrected chi connectivity index (χ2v) is 5.94. The molecule has 0 aromatic heterocycles. The number of benzene rings is 1. The van der Waals surface area contributed by atoms with E-state index in [1.54, 1.807) is 30.3 Å². The fourth-order valence-corrected chi connectivity index (χ4v) is 3.36. The average molecular weight is 224 g/mol. The predicted molar refractivity (Wildman–Crippen MR) is 56.2 cm³/mol. The van der Waals surface area contributed by atoms with E-state index in [1.165, 1.54) is 0 Å². The summed E-state index contributed by atoms with van der Waals surface area (Å²) in [6, 6.07) is 8.38. The van der Waals surface area contributed by atoms with Gasteiger partial charge in [0, 0.05) is 12.8 Å². The highest BCUT2D eigenvalue weighted by Gasteiger charge is 2.31. The van der Waals surface area contributed by atoms with E-state index in [1.807, 2.05) is 0 Å². The normalized spacial score (nSPS) is 17.5. The predicted octanol–water partition coefficient (Wildman–Crippen LogP) is 1.44. The summed E-state index contributed by atoms with van der Waals surface area (Å²) in [7, 11) is -3.20. The molecule has 1 fully saturated rings. The zero-order valence-electron chi connectivity index (χ0n) is 8.22. The summed E-state index contributed by atoms with van der Waals surface area (Å²) < 4.78 is 23.7. The SMILES string of the molecule is O=C1CC(CS(=O)(=O)c2ccccc2)C1. The van der Waals surface area contributed by atoms with E-state index in [4.69, 9.17) is 0 Å². The van der Waals surface area contributed by atoms with Gasteiger partial charge >= 0.3 is 0 Å². The van der Waals surface area contributed by atoms with Gasteiger partial charge in [0.1, 0.15) is 5.78 Å². The van der Waals surface area contributed by atoms with E-state index in [9.17, 15) is 13.2 Å². The number of Topliss-reactive ketones (excluding diaryl/α,β-unsaturated/α-hetero) is 1. The van der Waals surface area contributed by atoms with E-state index < -0.39 is 9.84 Å². The van der Waals surface area contributed by atoms with Gasteiger partial charge in [-0.1, -0.05) is 18.2 Å². The van der Waals surface area contributed by atoms with Crippen LogP contribution in [-0.2, 0) is 14.6 Å². The van der Waals surface area contributed by atoms with Crippen LogP contribution in [0.4, 0.5) is 0 Å². The summed E-state index contributed by atoms with van der Waals surface area (Å²) in [5, 5.41) is 0. The van der Waals surface area contributed by atoms with Gasteiger partial charge in [-0.25, -0.2) is 8.42 Å². The average Bonchev–Trinajstić information content (AvgIpc) is 2.17. The molecule has 0 amide bonds. The second-order valence-electron chi connectivity index (χ2n) is 3.91. The topological polar surface area (TPSA) is 51.2 Å². The van der Waals surface area contributed by atoms with Gasteiger partial charge in [-0.2, -0.15) is 0 Å². The van der Waals surface area contributed by atoms with Crippen LogP contribution >= 0.6 is 0 Å². The van der Waals surface area contributed by atoms with Gasteiger partial charge in [0.25, 0.3) is 0 Å². The van der Waals surface area contributed by atoms with E-state index in [0.717, 1.165) is 0 Å². The molecule has 1 aliphatic rings. The lowest BCUT2D eigenvalue weighted by Crippen LogP contribution is -2.29. The maximum Gasteiger partial charge on any atom is 0.178 e. The number of hydrogen-bond donors (Lipinski definition) is 0. The molecule has 1 saturated carbocycles. The number of sulfone groups is 1. The smallest absolute Gasteiger partial charge is 0.178 e. The van der Waals surface area contributed by atoms with Crippen molar-refractivity contribution in [3.8, 4) is 0 Å². The van der Waals surface area contributed by atoms with Gasteiger partial charge in [-0.3, -0.25) is 4.79 Å². The standard InChI is InChI=1S/C11H12O3S/c12-10-6-9(7-10)8-15(13,14)11-4-2-1-3-5-11/h1-5,9H,6-8H2. The molecule has 0 aliphatic heterocycles. The molecule has 0 heterocycles. The molecular formula is C11H12O3S. The van der Waals surface area contributed by atoms with Crippen LogP contribution in [0.15, 0.2) is 35.2 Å². The first kappa shape index (κ1) is 10.4. The Morgan fingerprint density at radius 1 is 1.13 bits per heavy atom. The minimum absolute atomic E-state index is 0.0303. The van der Waals surface area contributed by atoms with Crippen molar-refractivity contribution in [2.75, 3.05) is 5.75 Å². The van der Waals surface area contributed by atoms with Crippen molar-refractivity contribution in [2.45, 2.75) is 17.7 Å². The molecule has 0 spiro atoms. The Morgan fingerprint density at radius 2 is 1.73 bits per heavy atom. The monoisotopic (exact) mass is 224 g/mol. The number of rotatable bonds is 3. The number of carbonyl (C=O) groups excluding carboxylic acids is 1. The van der Waals surface area contributed by atoms with Gasteiger partial charge in [-0.05, 0) is 18.1 Å². The van der Waals surface area contributed by atoms with Crippen molar-refractivity contribution in [2.24, 2.45) is 5.92 Å². The van der Waals surface area contributed by atoms with Crippen LogP contribution in [0.2, 0.25) is 0 Å². The molecule has 1 aliphatic carbocycles. The zero-order valence-corrected chi connectivity index (χ0v) is 9.03. The van der Waals surface area contributed by atoms with Crippen LogP contribution in [0.3, 0.4) is 0 Å². The molecule has 0 saturated heterocycles. The summed E-state index contributed by atoms with van der Waals surface area (Å²) in [4.78, 5) is 11.1. The Labute approximate surface area is 89.0 Å². The van der Waals surface area contributed by atoms with Crippen molar-refractivity contribution >= 4 is 15.6 Å². The molecule has 0 atom stereocenters. The quantitative estimate of drug-likeness (QED) is 0.780. The third kappa shape index (κ3) is 2.26. The molecule has 3 nitrogen and oxygen atoms in total. The lowest BCUT2D eigenvalue weighted by Gasteiger charge is -2.23. The van der Waals surface area contributed by atoms with E-state index in [0.29, 0.717) is 17.7 Å². The fourth-order valence-electron chi connectivity index (χ4n) is 1.74. The molecule has 0 bridgehead atoms. The van der Waals surface area contributed by atoms with E-state index in [2.05, 4.69) is 0 Å². The Balaban J connectivity index is 2.11. The molecule has 4 heteroatoms. The minimum atomic E-state index is -3.20. The molecule has 15 heavy (non-hydrogen) atoms. The maximum absolute atomic E-state index is 11.8. The minimum Gasteiger partial charge on any atom is -0.300 e. The van der Waals surface area contributed by atoms with Gasteiger partial charge in [0.05, 0.1) is 10.6 Å². The summed E-state index contributed by atoms with van der Waals surface area (Å²) in [5.74, 6) is 0.300. The first-order valence-corrected chi connectivity index (χ1v) is 6.53. The third-order valence-electron chi connectivity index (χ3n) is 2.59. The van der Waals surface area contributed by atoms with Crippen molar-refractivity contribution in [3.63, 3.8) is 0 Å². The Bertz CT molecular complexity index is 454. The van der Waals surface area contributed by atoms with Crippen molar-refractivity contribution < 1.29 is 13.2 Å². The van der Waals surface area contributed by atoms with Gasteiger partial charge in [0.2, 0.25) is 0 Å². The largest absolute Gasteiger partial charge is 0.300 e. The van der Waals surface area contributed by atoms with Crippen molar-refractivity contribution in [1.29, 1.82) is 0 Å². The molecule has 2 rings (SSSR count). The van der Waals surface area contributed by atoms with Gasteiger partial charge in [-0.15, -0.1) is 0 Å². The third-order valence-corrected chi connectivity index (χ3v) is 4.49. The molecule has 80 valence electrons. The van der Waals surface area contributed by atoms with Crippen LogP contribution < -0.4 is 0 Å². The van der Waals surface area contributed by atoms with Gasteiger partial charge in [0.15, 0.2) is 9.84 Å². The first-order chi connectivity index (χ1) is 7.08. The van der Waals surface area contributed by atoms with Crippen LogP contribution in [0.1, 0.15) is 12.8 Å². The van der Waals surface area contributed by atoms with Gasteiger partial charge < -0.3 is 0 Å². The highest BCUT2D eigenvalue weighted by Crippen LogP contribution is 2.26. The number of ketones is 1. The highest BCUT2D eigenvalue weighted by atomic mass is 32.2. The first-order valence-electron chi connectivity index (χ1n) is 4.87. The van der Waals surface area contributed by atoms with Crippen LogP contribution in [0.25, 0.3) is 0 Å². The lowest BCUT2D eigenvalue weighted by molar-refractivity contribution is -0.126. The number of hydrogen-bond acceptors (Lipinski definition) is 3. The van der Waals surface area contributed by atoms with Crippen molar-refractivity contribution in [3.05, 3.63) is 30.3 Å². The molecule has 0 N–H and O–H groups in total. The number of carbonyl (C=O) groups is 1. The second kappa shape index (κ2) is 3.77. The summed E-state index contributed by atoms with van der Waals surface area (Å²) in [5.41, 5.74) is 0. The Kier molecular flexibility index (Phi) is 2.61. The zero-order chi connectivity index (χ0) is 10.9. The molecular weight excluding hydrogens is 212 g/mol. The van der Waals surface area contributed by atoms with Crippen LogP contribution in [-0.4, -0.2) is 20.0 Å². The summed E-state index contributed by atoms with van der Waals surface area (Å²) in [6.45, 7) is 0.